The third-order valence-corrected chi connectivity index (χ3v) is 12.4. The first kappa shape index (κ1) is 36.7. The largest absolute Gasteiger partial charge is 0.381 e. The van der Waals surface area contributed by atoms with Crippen LogP contribution in [0.5, 0.6) is 0 Å². The lowest BCUT2D eigenvalue weighted by molar-refractivity contribution is 0.0807. The van der Waals surface area contributed by atoms with Crippen LogP contribution >= 0.6 is 0 Å². The molecule has 2 saturated carbocycles. The number of imidazole rings is 2. The van der Waals surface area contributed by atoms with Gasteiger partial charge in [-0.25, -0.2) is 9.97 Å². The van der Waals surface area contributed by atoms with Crippen LogP contribution in [0.3, 0.4) is 0 Å². The zero-order valence-electron chi connectivity index (χ0n) is 29.9. The standard InChI is InChI=1S/C21H27N3O.C21H25N3O.2CH4/c2*1-14-3-2-4-16(11-14)19-13-24-20(23-19)12-22-18-6-5-17(21(18)24)15-7-9-25-10-8-15;;/h5,12-16H,2-4,6-11H2,1H3;5,7,12-14,16H,2-4,6,8-11H2,1H3;2*1H4. The van der Waals surface area contributed by atoms with Crippen molar-refractivity contribution >= 4 is 22.4 Å². The number of hydrogen-bond donors (Lipinski definition) is 0. The van der Waals surface area contributed by atoms with Gasteiger partial charge in [-0.05, 0) is 79.4 Å². The van der Waals surface area contributed by atoms with Gasteiger partial charge in [-0.2, -0.15) is 0 Å². The third-order valence-electron chi connectivity index (χ3n) is 12.4. The fourth-order valence-electron chi connectivity index (χ4n) is 9.75. The number of hydrogen-bond acceptors (Lipinski definition) is 6. The molecule has 4 aromatic rings. The zero-order chi connectivity index (χ0) is 33.6. The molecule has 3 fully saturated rings. The van der Waals surface area contributed by atoms with Gasteiger partial charge in [0, 0.05) is 50.3 Å². The molecule has 0 N–H and O–H groups in total. The highest BCUT2D eigenvalue weighted by molar-refractivity contribution is 5.82. The van der Waals surface area contributed by atoms with Crippen molar-refractivity contribution < 1.29 is 9.47 Å². The average molecular weight is 705 g/mol. The molecule has 6 aliphatic rings. The molecule has 4 unspecified atom stereocenters. The van der Waals surface area contributed by atoms with Crippen LogP contribution in [0.2, 0.25) is 0 Å². The number of fused-ring (bicyclic) bond motifs is 6. The first-order chi connectivity index (χ1) is 24.6. The molecule has 0 radical (unpaired) electrons. The minimum Gasteiger partial charge on any atom is -0.381 e. The van der Waals surface area contributed by atoms with Gasteiger partial charge in [0.15, 0.2) is 11.3 Å². The summed E-state index contributed by atoms with van der Waals surface area (Å²) in [6.07, 6.45) is 31.1. The molecule has 1 saturated heterocycles. The van der Waals surface area contributed by atoms with Gasteiger partial charge < -0.3 is 9.47 Å². The zero-order valence-corrected chi connectivity index (χ0v) is 29.9. The lowest BCUT2D eigenvalue weighted by Crippen LogP contribution is -2.17. The molecule has 0 bridgehead atoms. The van der Waals surface area contributed by atoms with E-state index in [0.717, 1.165) is 81.7 Å². The summed E-state index contributed by atoms with van der Waals surface area (Å²) in [5.41, 5.74) is 13.8. The van der Waals surface area contributed by atoms with Gasteiger partial charge in [-0.1, -0.05) is 72.6 Å². The SMILES string of the molecule is C.C.CC1CCCC(c2cn3c4c(ncc3n2)CC=C4C2=CCOCC2)C1.CC1CCCC(c2cn3c4c(ncc3n2)CC=C4C2CCOCC2)C1. The molecule has 8 heteroatoms. The van der Waals surface area contributed by atoms with Crippen LogP contribution in [0.15, 0.2) is 48.6 Å². The summed E-state index contributed by atoms with van der Waals surface area (Å²) < 4.78 is 15.7. The fourth-order valence-corrected chi connectivity index (χ4v) is 9.75. The molecule has 4 atom stereocenters. The van der Waals surface area contributed by atoms with Crippen molar-refractivity contribution in [1.82, 2.24) is 28.7 Å². The van der Waals surface area contributed by atoms with Crippen LogP contribution in [-0.4, -0.2) is 55.2 Å². The monoisotopic (exact) mass is 704 g/mol. The van der Waals surface area contributed by atoms with Crippen LogP contribution in [-0.2, 0) is 22.3 Å². The van der Waals surface area contributed by atoms with Crippen molar-refractivity contribution in [2.75, 3.05) is 26.4 Å². The summed E-state index contributed by atoms with van der Waals surface area (Å²) in [4.78, 5) is 19.4. The molecule has 0 amide bonds. The van der Waals surface area contributed by atoms with Crippen LogP contribution < -0.4 is 0 Å². The van der Waals surface area contributed by atoms with Crippen molar-refractivity contribution in [3.05, 3.63) is 82.8 Å². The van der Waals surface area contributed by atoms with E-state index < -0.39 is 0 Å². The van der Waals surface area contributed by atoms with Crippen LogP contribution in [0.4, 0.5) is 0 Å². The first-order valence-electron chi connectivity index (χ1n) is 19.6. The maximum Gasteiger partial charge on any atom is 0.156 e. The molecule has 4 aromatic heterocycles. The van der Waals surface area contributed by atoms with E-state index in [0.29, 0.717) is 17.8 Å². The van der Waals surface area contributed by atoms with Crippen LogP contribution in [0, 0.1) is 17.8 Å². The van der Waals surface area contributed by atoms with Crippen LogP contribution in [0.1, 0.15) is 145 Å². The second-order valence-corrected chi connectivity index (χ2v) is 16.0. The molecule has 278 valence electrons. The van der Waals surface area contributed by atoms with Crippen LogP contribution in [0.25, 0.3) is 22.4 Å². The molecular formula is C44H60N6O2. The van der Waals surface area contributed by atoms with Gasteiger partial charge >= 0.3 is 0 Å². The maximum atomic E-state index is 5.57. The van der Waals surface area contributed by atoms with E-state index in [4.69, 9.17) is 29.4 Å². The van der Waals surface area contributed by atoms with E-state index in [9.17, 15) is 0 Å². The van der Waals surface area contributed by atoms with Crippen molar-refractivity contribution in [1.29, 1.82) is 0 Å². The Morgan fingerprint density at radius 2 is 1.23 bits per heavy atom. The summed E-state index contributed by atoms with van der Waals surface area (Å²) in [5, 5.41) is 0. The maximum absolute atomic E-state index is 5.57. The number of rotatable bonds is 4. The van der Waals surface area contributed by atoms with E-state index in [1.54, 1.807) is 0 Å². The molecule has 0 spiro atoms. The molecule has 6 heterocycles. The fraction of sp³-hybridized carbons (Fsp3) is 0.591. The lowest BCUT2D eigenvalue weighted by Gasteiger charge is -2.25. The van der Waals surface area contributed by atoms with Gasteiger partial charge in [0.25, 0.3) is 0 Å². The van der Waals surface area contributed by atoms with Gasteiger partial charge in [-0.15, -0.1) is 0 Å². The highest BCUT2D eigenvalue weighted by Crippen LogP contribution is 2.41. The van der Waals surface area contributed by atoms with Crippen molar-refractivity contribution in [3.8, 4) is 0 Å². The Kier molecular flexibility index (Phi) is 11.1. The minimum absolute atomic E-state index is 0. The smallest absolute Gasteiger partial charge is 0.156 e. The van der Waals surface area contributed by atoms with Gasteiger partial charge in [-0.3, -0.25) is 18.8 Å². The topological polar surface area (TPSA) is 78.8 Å². The van der Waals surface area contributed by atoms with E-state index >= 15 is 0 Å². The lowest BCUT2D eigenvalue weighted by atomic mass is 9.81. The first-order valence-corrected chi connectivity index (χ1v) is 19.6. The van der Waals surface area contributed by atoms with Crippen molar-refractivity contribution in [2.45, 2.75) is 124 Å². The summed E-state index contributed by atoms with van der Waals surface area (Å²) in [7, 11) is 0. The van der Waals surface area contributed by atoms with E-state index in [1.165, 1.54) is 102 Å². The Hall–Kier alpha value is -3.62. The summed E-state index contributed by atoms with van der Waals surface area (Å²) in [6.45, 7) is 8.07. The average Bonchev–Trinajstić information content (AvgIpc) is 3.96. The van der Waals surface area contributed by atoms with E-state index in [2.05, 4.69) is 53.3 Å². The summed E-state index contributed by atoms with van der Waals surface area (Å²) >= 11 is 0. The quantitative estimate of drug-likeness (QED) is 0.210. The highest BCUT2D eigenvalue weighted by atomic mass is 16.5. The normalized spacial score (nSPS) is 25.9. The van der Waals surface area contributed by atoms with Crippen molar-refractivity contribution in [3.63, 3.8) is 0 Å². The molecule has 8 nitrogen and oxygen atoms in total. The molecule has 10 rings (SSSR count). The number of ether oxygens (including phenoxy) is 2. The molecule has 52 heavy (non-hydrogen) atoms. The Labute approximate surface area is 310 Å². The second kappa shape index (κ2) is 15.8. The number of allylic oxidation sites excluding steroid dienone is 4. The van der Waals surface area contributed by atoms with E-state index in [1.807, 2.05) is 12.4 Å². The molecule has 2 aliphatic heterocycles. The van der Waals surface area contributed by atoms with Gasteiger partial charge in [0.2, 0.25) is 0 Å². The summed E-state index contributed by atoms with van der Waals surface area (Å²) in [5.74, 6) is 3.48. The number of aromatic nitrogens is 6. The highest BCUT2D eigenvalue weighted by Gasteiger charge is 2.30. The second-order valence-electron chi connectivity index (χ2n) is 16.0. The van der Waals surface area contributed by atoms with E-state index in [-0.39, 0.29) is 14.9 Å². The Morgan fingerprint density at radius 3 is 1.83 bits per heavy atom. The number of nitrogens with zero attached hydrogens (tertiary/aromatic N) is 6. The predicted molar refractivity (Wildman–Crippen MR) is 211 cm³/mol. The predicted octanol–water partition coefficient (Wildman–Crippen LogP) is 9.97. The molecule has 0 aromatic carbocycles. The van der Waals surface area contributed by atoms with Gasteiger partial charge in [0.05, 0.1) is 59.8 Å². The molecule has 4 aliphatic carbocycles. The Morgan fingerprint density at radius 1 is 0.635 bits per heavy atom. The minimum atomic E-state index is 0. The third kappa shape index (κ3) is 7.05. The van der Waals surface area contributed by atoms with Crippen molar-refractivity contribution in [2.24, 2.45) is 17.8 Å². The summed E-state index contributed by atoms with van der Waals surface area (Å²) in [6, 6.07) is 0. The Balaban J connectivity index is 0.000000156. The molecular weight excluding hydrogens is 645 g/mol. The van der Waals surface area contributed by atoms with Gasteiger partial charge in [0.1, 0.15) is 0 Å². The Bertz CT molecular complexity index is 1980.